The average Bonchev–Trinajstić information content (AvgIpc) is 0.763. The number of amides is 8. The van der Waals surface area contributed by atoms with Crippen molar-refractivity contribution in [1.29, 1.82) is 0 Å². The summed E-state index contributed by atoms with van der Waals surface area (Å²) >= 11 is 16.5. The van der Waals surface area contributed by atoms with Crippen molar-refractivity contribution in [3.05, 3.63) is 173 Å². The molecule has 7 aromatic rings. The zero-order valence-electron chi connectivity index (χ0n) is 60.9. The number of carbonyl (C=O) groups excluding carboxylic acids is 8. The summed E-state index contributed by atoms with van der Waals surface area (Å²) in [7, 11) is 0. The van der Waals surface area contributed by atoms with Gasteiger partial charge in [-0.2, -0.15) is 0 Å². The molecule has 612 valence electrons. The molecule has 0 aromatic heterocycles. The van der Waals surface area contributed by atoms with Gasteiger partial charge in [0, 0.05) is 23.0 Å². The number of hydrogen-bond donors (Lipinski definition) is 20. The number of nitrogens with one attached hydrogen (secondary N) is 8. The fourth-order valence-corrected chi connectivity index (χ4v) is 15.5. The van der Waals surface area contributed by atoms with Crippen LogP contribution < -0.4 is 67.2 Å². The maximum Gasteiger partial charge on any atom is 0.330 e. The molecule has 8 aliphatic heterocycles. The third-order valence-electron chi connectivity index (χ3n) is 20.0. The molecule has 0 aliphatic carbocycles. The number of ether oxygens (including phenoxy) is 7. The number of benzene rings is 7. The monoisotopic (exact) mass is 1760 g/mol. The SMILES string of the molecule is CC(=O)N[C@H]1C(O)[C@H](O)C(CO)O[C@H]1O[C@@H]1c2ccc(c(Cl)c2)Oc2cc3cc(c2O[C@@H]2OC(CO)[C@@H](O)[C@H](O)C2NC(=O)CC(C)O)Oc2ccc(cc2Cl)C[C@H]2NC(=O)[C@H](N)c4ccc(O)c(c4)Oc4cc(O)cc(c4)[C@H](NC2=O)C(=O)N[C@H]3C(=O)N[C@H]2C(=O)N[C@@H]1C(=O)N[C@H](C(=O)O)c1cc(O)cc(C)c1-c1cc2ccc1I. The summed E-state index contributed by atoms with van der Waals surface area (Å²) in [5.74, 6) is -16.2. The number of aromatic hydroxyl groups is 3. The van der Waals surface area contributed by atoms with E-state index in [4.69, 9.17) is 62.1 Å². The summed E-state index contributed by atoms with van der Waals surface area (Å²) in [5.41, 5.74) is 5.68. The van der Waals surface area contributed by atoms with Crippen molar-refractivity contribution in [2.24, 2.45) is 5.73 Å². The first-order valence-electron chi connectivity index (χ1n) is 35.9. The number of fused-ring (bicyclic) bond motifs is 14. The highest BCUT2D eigenvalue weighted by molar-refractivity contribution is 14.1. The summed E-state index contributed by atoms with van der Waals surface area (Å²) in [6.45, 7) is 1.77. The van der Waals surface area contributed by atoms with Gasteiger partial charge in [0.2, 0.25) is 59.3 Å². The molecule has 0 saturated carbocycles. The van der Waals surface area contributed by atoms with Gasteiger partial charge in [0.1, 0.15) is 120 Å². The zero-order valence-corrected chi connectivity index (χ0v) is 64.6. The topological polar surface area (TPSA) is 563 Å². The predicted octanol–water partition coefficient (Wildman–Crippen LogP) is 1.82. The number of aliphatic hydroxyl groups excluding tert-OH is 7. The summed E-state index contributed by atoms with van der Waals surface area (Å²) in [6.07, 6.45) is -20.2. The number of rotatable bonds is 11. The van der Waals surface area contributed by atoms with Gasteiger partial charge >= 0.3 is 5.97 Å². The maximum absolute atomic E-state index is 16.7. The van der Waals surface area contributed by atoms with Gasteiger partial charge in [-0.3, -0.25) is 38.4 Å². The molecule has 5 unspecified atom stereocenters. The van der Waals surface area contributed by atoms with Gasteiger partial charge in [-0.05, 0) is 177 Å². The van der Waals surface area contributed by atoms with E-state index >= 15 is 24.0 Å². The van der Waals surface area contributed by atoms with Crippen LogP contribution in [0.15, 0.2) is 115 Å². The van der Waals surface area contributed by atoms with Crippen LogP contribution in [0.25, 0.3) is 11.1 Å². The number of carbonyl (C=O) groups is 9. The fraction of sp³-hybridized carbons (Fsp3) is 0.338. The number of phenolic OH excluding ortho intramolecular Hbond substituents is 3. The molecule has 2 fully saturated rings. The number of aryl methyl sites for hydroxylation is 1. The van der Waals surface area contributed by atoms with Gasteiger partial charge in [-0.25, -0.2) is 4.79 Å². The molecule has 8 heterocycles. The minimum absolute atomic E-state index is 0.0600. The predicted molar refractivity (Wildman–Crippen MR) is 408 cm³/mol. The Balaban J connectivity index is 1.10. The number of hydrogen-bond acceptors (Lipinski definition) is 27. The number of halogens is 3. The number of phenols is 3. The molecule has 39 heteroatoms. The highest BCUT2D eigenvalue weighted by atomic mass is 127. The highest BCUT2D eigenvalue weighted by Crippen LogP contribution is 2.50. The zero-order chi connectivity index (χ0) is 83.3. The lowest BCUT2D eigenvalue weighted by atomic mass is 9.88. The van der Waals surface area contributed by atoms with Crippen molar-refractivity contribution >= 4 is 99.0 Å². The van der Waals surface area contributed by atoms with E-state index in [1.807, 2.05) is 22.6 Å². The standard InChI is InChI=1S/C77H76Cl2IN9O27/c1-27-12-36(94)24-40-54(27)39-18-32(5-8-43(39)80)56-71(104)89-62(74(107)88-59(40)75(108)109)67(115-76-60(82-29(3)93)65(100)63(98)51(25-90)113-76)33-7-11-47(42(79)19-33)112-50-22-35-21-49(68(50)116-77-61(84-53(97)13-28(2)92)66(101)64(99)52(26-91)114-77)111-46-10-4-30(14-41(46)78)15-44-69(102)85-57(72(105)87-58(35)73(106)86-56)34-16-37(95)23-38(17-34)110-48-20-31(6-9-45(48)96)55(81)70(103)83-44/h4-12,14,16-24,28,44,51-52,55-67,76-77,90-92,94-96,98-101H,13,15,25-26,81H2,1-3H3,(H,82,93)(H,83,103)(H,84,97)(H,85,102)(H,86,106)(H,87,105)(H,88,107)(H,89,104)(H,108,109)/t28?,44-,51?,52?,55-,56-,57+,58-,59+,60+,61?,62+,63-,64-,65?,66-,67-,76+,77+/m1/s1. The second-order valence-electron chi connectivity index (χ2n) is 28.4. The second kappa shape index (κ2) is 34.2. The van der Waals surface area contributed by atoms with Gasteiger partial charge < -0.3 is 138 Å². The lowest BCUT2D eigenvalue weighted by molar-refractivity contribution is -0.284. The molecule has 116 heavy (non-hydrogen) atoms. The minimum atomic E-state index is -2.38. The van der Waals surface area contributed by atoms with Crippen molar-refractivity contribution in [2.45, 2.75) is 149 Å². The Bertz CT molecular complexity index is 5100. The number of nitrogens with two attached hydrogens (primary N) is 1. The van der Waals surface area contributed by atoms with Gasteiger partial charge in [-0.1, -0.05) is 47.5 Å². The lowest BCUT2D eigenvalue weighted by Crippen LogP contribution is -2.65. The van der Waals surface area contributed by atoms with E-state index in [0.29, 0.717) is 3.57 Å². The van der Waals surface area contributed by atoms with Gasteiger partial charge in [-0.15, -0.1) is 0 Å². The molecule has 2 saturated heterocycles. The van der Waals surface area contributed by atoms with Crippen LogP contribution in [-0.2, 0) is 63.8 Å². The number of aliphatic hydroxyl groups is 7. The Morgan fingerprint density at radius 3 is 1.78 bits per heavy atom. The van der Waals surface area contributed by atoms with Gasteiger partial charge in [0.05, 0.1) is 35.8 Å². The van der Waals surface area contributed by atoms with Gasteiger partial charge in [0.25, 0.3) is 0 Å². The van der Waals surface area contributed by atoms with E-state index in [1.165, 1.54) is 80.6 Å². The Hall–Kier alpha value is -10.8. The highest BCUT2D eigenvalue weighted by Gasteiger charge is 2.51. The lowest BCUT2D eigenvalue weighted by Gasteiger charge is -2.44. The van der Waals surface area contributed by atoms with Crippen LogP contribution in [-0.4, -0.2) is 202 Å². The Morgan fingerprint density at radius 2 is 1.16 bits per heavy atom. The molecule has 0 radical (unpaired) electrons. The molecule has 15 rings (SSSR count). The molecule has 17 bridgehead atoms. The van der Waals surface area contributed by atoms with Gasteiger partial charge in [0.15, 0.2) is 35.3 Å². The summed E-state index contributed by atoms with van der Waals surface area (Å²) in [6, 6.07) is 4.75. The van der Waals surface area contributed by atoms with E-state index in [1.54, 1.807) is 0 Å². The molecule has 21 N–H and O–H groups in total. The third-order valence-corrected chi connectivity index (χ3v) is 21.6. The first kappa shape index (κ1) is 83.2. The smallest absolute Gasteiger partial charge is 0.330 e. The Labute approximate surface area is 680 Å². The van der Waals surface area contributed by atoms with Crippen molar-refractivity contribution < 1.29 is 132 Å². The number of carboxylic acids is 1. The van der Waals surface area contributed by atoms with Crippen molar-refractivity contribution in [1.82, 2.24) is 42.5 Å². The maximum atomic E-state index is 16.7. The van der Waals surface area contributed by atoms with Crippen LogP contribution in [0.3, 0.4) is 0 Å². The van der Waals surface area contributed by atoms with E-state index in [0.717, 1.165) is 55.5 Å². The van der Waals surface area contributed by atoms with Crippen molar-refractivity contribution in [3.8, 4) is 68.6 Å². The summed E-state index contributed by atoms with van der Waals surface area (Å²) in [5, 5.41) is 143. The second-order valence-corrected chi connectivity index (χ2v) is 30.3. The molecule has 36 nitrogen and oxygen atoms in total. The Kier molecular flexibility index (Phi) is 24.5. The third kappa shape index (κ3) is 17.4. The van der Waals surface area contributed by atoms with Crippen LogP contribution in [0, 0.1) is 10.5 Å². The summed E-state index contributed by atoms with van der Waals surface area (Å²) < 4.78 is 45.5. The molecule has 0 spiro atoms. The first-order valence-corrected chi connectivity index (χ1v) is 37.7. The van der Waals surface area contributed by atoms with E-state index in [9.17, 15) is 75.3 Å². The molecule has 8 amide bonds. The number of carboxylic acid groups (broad SMARTS) is 1. The molecular formula is C77H76Cl2IN9O27. The molecule has 19 atom stereocenters. The molecule has 8 aliphatic rings. The van der Waals surface area contributed by atoms with E-state index in [2.05, 4.69) is 42.5 Å². The normalized spacial score (nSPS) is 27.5. The molecule has 7 aromatic carbocycles. The van der Waals surface area contributed by atoms with Crippen LogP contribution in [0.5, 0.6) is 57.5 Å². The first-order chi connectivity index (χ1) is 55.1. The van der Waals surface area contributed by atoms with Crippen LogP contribution in [0.4, 0.5) is 0 Å². The van der Waals surface area contributed by atoms with Crippen LogP contribution in [0.2, 0.25) is 10.0 Å². The van der Waals surface area contributed by atoms with Crippen LogP contribution in [0.1, 0.15) is 101 Å². The quantitative estimate of drug-likeness (QED) is 0.0821. The largest absolute Gasteiger partial charge is 0.508 e. The molecular weight excluding hydrogens is 1680 g/mol. The average molecular weight is 1760 g/mol. The minimum Gasteiger partial charge on any atom is -0.508 e. The van der Waals surface area contributed by atoms with E-state index in [-0.39, 0.29) is 72.3 Å². The Morgan fingerprint density at radius 1 is 0.595 bits per heavy atom. The van der Waals surface area contributed by atoms with Crippen molar-refractivity contribution in [2.75, 3.05) is 13.2 Å². The summed E-state index contributed by atoms with van der Waals surface area (Å²) in [4.78, 5) is 136. The van der Waals surface area contributed by atoms with E-state index < -0.39 is 246 Å². The van der Waals surface area contributed by atoms with Crippen molar-refractivity contribution in [3.63, 3.8) is 0 Å². The van der Waals surface area contributed by atoms with Crippen LogP contribution >= 0.6 is 45.8 Å². The fourth-order valence-electron chi connectivity index (χ4n) is 14.4. The number of aliphatic carboxylic acids is 1.